The van der Waals surface area contributed by atoms with Crippen LogP contribution in [-0.2, 0) is 0 Å². The summed E-state index contributed by atoms with van der Waals surface area (Å²) in [4.78, 5) is 0. The van der Waals surface area contributed by atoms with E-state index in [9.17, 15) is 0 Å². The Morgan fingerprint density at radius 3 is 2.94 bits per heavy atom. The van der Waals surface area contributed by atoms with Crippen LogP contribution in [0.2, 0.25) is 0 Å². The number of thiocarbonyl (C=S) groups is 1. The first-order valence-electron chi connectivity index (χ1n) is 5.01. The van der Waals surface area contributed by atoms with Crippen molar-refractivity contribution >= 4 is 38.9 Å². The van der Waals surface area contributed by atoms with Gasteiger partial charge < -0.3 is 5.32 Å². The fraction of sp³-hybridized carbons (Fsp3) is 0.273. The molecule has 17 heavy (non-hydrogen) atoms. The number of hydrogen-bond acceptors (Lipinski definition) is 3. The second-order valence-corrected chi connectivity index (χ2v) is 4.79. The number of hydrazine groups is 1. The van der Waals surface area contributed by atoms with E-state index in [0.717, 1.165) is 15.7 Å². The summed E-state index contributed by atoms with van der Waals surface area (Å²) < 4.78 is 1.01. The zero-order valence-corrected chi connectivity index (χ0v) is 11.8. The average molecular weight is 313 g/mol. The normalized spacial score (nSPS) is 9.53. The van der Waals surface area contributed by atoms with E-state index in [1.54, 1.807) is 0 Å². The minimum atomic E-state index is 0.345. The van der Waals surface area contributed by atoms with Crippen LogP contribution in [0, 0.1) is 18.3 Å². The van der Waals surface area contributed by atoms with E-state index in [1.807, 2.05) is 31.2 Å². The highest BCUT2D eigenvalue weighted by molar-refractivity contribution is 9.10. The van der Waals surface area contributed by atoms with E-state index < -0.39 is 0 Å². The number of hydrogen-bond donors (Lipinski definition) is 2. The Morgan fingerprint density at radius 2 is 2.35 bits per heavy atom. The quantitative estimate of drug-likeness (QED) is 0.510. The minimum Gasteiger partial charge on any atom is -0.331 e. The predicted molar refractivity (Wildman–Crippen MR) is 76.2 cm³/mol. The van der Waals surface area contributed by atoms with Crippen LogP contribution >= 0.6 is 28.1 Å². The largest absolute Gasteiger partial charge is 0.331 e. The van der Waals surface area contributed by atoms with Crippen LogP contribution in [0.4, 0.5) is 5.69 Å². The minimum absolute atomic E-state index is 0.345. The fourth-order valence-corrected chi connectivity index (χ4v) is 1.90. The van der Waals surface area contributed by atoms with Gasteiger partial charge in [-0.05, 0) is 42.9 Å². The average Bonchev–Trinajstić information content (AvgIpc) is 2.29. The molecule has 90 valence electrons. The molecular weight excluding hydrogens is 300 g/mol. The van der Waals surface area contributed by atoms with E-state index in [0.29, 0.717) is 18.1 Å². The second-order valence-electron chi connectivity index (χ2n) is 3.49. The topological polar surface area (TPSA) is 65.1 Å². The Kier molecular flexibility index (Phi) is 5.35. The van der Waals surface area contributed by atoms with Crippen LogP contribution in [0.25, 0.3) is 0 Å². The van der Waals surface area contributed by atoms with Gasteiger partial charge in [-0.2, -0.15) is 5.26 Å². The van der Waals surface area contributed by atoms with Crippen molar-refractivity contribution in [3.63, 3.8) is 0 Å². The first-order chi connectivity index (χ1) is 8.04. The highest BCUT2D eigenvalue weighted by Crippen LogP contribution is 2.20. The van der Waals surface area contributed by atoms with Gasteiger partial charge in [0.05, 0.1) is 12.5 Å². The molecule has 0 aliphatic rings. The van der Waals surface area contributed by atoms with Gasteiger partial charge >= 0.3 is 0 Å². The number of aryl methyl sites for hydroxylation is 1. The third kappa shape index (κ3) is 4.30. The maximum absolute atomic E-state index is 8.46. The number of nitriles is 1. The lowest BCUT2D eigenvalue weighted by molar-refractivity contribution is 0.457. The molecule has 3 N–H and O–H groups in total. The van der Waals surface area contributed by atoms with Gasteiger partial charge in [-0.15, -0.1) is 0 Å². The van der Waals surface area contributed by atoms with E-state index in [-0.39, 0.29) is 0 Å². The van der Waals surface area contributed by atoms with Crippen molar-refractivity contribution in [2.24, 2.45) is 5.84 Å². The molecule has 1 aromatic carbocycles. The Balaban J connectivity index is 2.65. The van der Waals surface area contributed by atoms with Gasteiger partial charge in [0.25, 0.3) is 0 Å². The summed E-state index contributed by atoms with van der Waals surface area (Å²) in [5.41, 5.74) is 1.97. The van der Waals surface area contributed by atoms with Crippen LogP contribution in [0.5, 0.6) is 0 Å². The predicted octanol–water partition coefficient (Wildman–Crippen LogP) is 2.54. The van der Waals surface area contributed by atoms with Gasteiger partial charge in [-0.25, -0.2) is 5.84 Å². The summed E-state index contributed by atoms with van der Waals surface area (Å²) in [5.74, 6) is 5.70. The van der Waals surface area contributed by atoms with Crippen molar-refractivity contribution in [2.45, 2.75) is 13.3 Å². The number of nitrogens with zero attached hydrogens (tertiary/aromatic N) is 2. The Labute approximate surface area is 114 Å². The van der Waals surface area contributed by atoms with E-state index in [4.69, 9.17) is 23.3 Å². The van der Waals surface area contributed by atoms with E-state index in [1.165, 1.54) is 5.01 Å². The van der Waals surface area contributed by atoms with E-state index in [2.05, 4.69) is 21.2 Å². The van der Waals surface area contributed by atoms with Gasteiger partial charge in [0.1, 0.15) is 0 Å². The third-order valence-corrected chi connectivity index (χ3v) is 2.99. The molecule has 0 unspecified atom stereocenters. The molecule has 0 amide bonds. The molecule has 0 aliphatic heterocycles. The highest BCUT2D eigenvalue weighted by Gasteiger charge is 2.06. The van der Waals surface area contributed by atoms with Crippen molar-refractivity contribution in [1.82, 2.24) is 5.01 Å². The molecule has 0 heterocycles. The Bertz CT molecular complexity index is 455. The molecule has 0 aromatic heterocycles. The van der Waals surface area contributed by atoms with Crippen LogP contribution < -0.4 is 11.2 Å². The van der Waals surface area contributed by atoms with Crippen molar-refractivity contribution in [2.75, 3.05) is 11.9 Å². The summed E-state index contributed by atoms with van der Waals surface area (Å²) in [6.45, 7) is 2.39. The second kappa shape index (κ2) is 6.55. The molecule has 4 nitrogen and oxygen atoms in total. The highest BCUT2D eigenvalue weighted by atomic mass is 79.9. The van der Waals surface area contributed by atoms with Crippen molar-refractivity contribution < 1.29 is 0 Å². The summed E-state index contributed by atoms with van der Waals surface area (Å²) in [7, 11) is 0. The first-order valence-corrected chi connectivity index (χ1v) is 6.21. The summed E-state index contributed by atoms with van der Waals surface area (Å²) in [5, 5.41) is 13.3. The van der Waals surface area contributed by atoms with Gasteiger partial charge in [0.15, 0.2) is 5.11 Å². The molecule has 0 saturated carbocycles. The van der Waals surface area contributed by atoms with Gasteiger partial charge in [-0.3, -0.25) is 5.01 Å². The molecule has 1 rings (SSSR count). The van der Waals surface area contributed by atoms with Crippen LogP contribution in [0.15, 0.2) is 22.7 Å². The number of nitrogens with two attached hydrogens (primary N) is 1. The maximum Gasteiger partial charge on any atom is 0.187 e. The lowest BCUT2D eigenvalue weighted by Gasteiger charge is -2.20. The lowest BCUT2D eigenvalue weighted by Crippen LogP contribution is -2.41. The molecule has 0 fully saturated rings. The van der Waals surface area contributed by atoms with Gasteiger partial charge in [0.2, 0.25) is 0 Å². The fourth-order valence-electron chi connectivity index (χ4n) is 1.23. The summed E-state index contributed by atoms with van der Waals surface area (Å²) >= 11 is 8.53. The molecule has 0 saturated heterocycles. The third-order valence-electron chi connectivity index (χ3n) is 2.16. The number of anilines is 1. The molecule has 0 bridgehead atoms. The smallest absolute Gasteiger partial charge is 0.187 e. The summed E-state index contributed by atoms with van der Waals surface area (Å²) in [6.07, 6.45) is 0.345. The van der Waals surface area contributed by atoms with Crippen LogP contribution in [0.1, 0.15) is 12.0 Å². The SMILES string of the molecule is Cc1cc(Br)ccc1NC(=S)N(N)CCC#N. The molecule has 0 atom stereocenters. The zero-order chi connectivity index (χ0) is 12.8. The van der Waals surface area contributed by atoms with Crippen molar-refractivity contribution in [1.29, 1.82) is 5.26 Å². The lowest BCUT2D eigenvalue weighted by atomic mass is 10.2. The van der Waals surface area contributed by atoms with Crippen LogP contribution in [0.3, 0.4) is 0 Å². The Hall–Kier alpha value is -1.16. The zero-order valence-electron chi connectivity index (χ0n) is 9.40. The number of benzene rings is 1. The maximum atomic E-state index is 8.46. The van der Waals surface area contributed by atoms with Crippen molar-refractivity contribution in [3.8, 4) is 6.07 Å². The number of nitrogens with one attached hydrogen (secondary N) is 1. The number of rotatable bonds is 3. The first kappa shape index (κ1) is 13.9. The van der Waals surface area contributed by atoms with Gasteiger partial charge in [-0.1, -0.05) is 15.9 Å². The molecule has 6 heteroatoms. The molecule has 1 aromatic rings. The van der Waals surface area contributed by atoms with Crippen molar-refractivity contribution in [3.05, 3.63) is 28.2 Å². The van der Waals surface area contributed by atoms with E-state index >= 15 is 0 Å². The van der Waals surface area contributed by atoms with Gasteiger partial charge in [0, 0.05) is 16.7 Å². The standard InChI is InChI=1S/C11H13BrN4S/c1-8-7-9(12)3-4-10(8)15-11(17)16(14)6-2-5-13/h3-4,7H,2,6,14H2,1H3,(H,15,17). The Morgan fingerprint density at radius 1 is 1.65 bits per heavy atom. The molecular formula is C11H13BrN4S. The molecule has 0 aliphatic carbocycles. The number of halogens is 1. The molecule has 0 radical (unpaired) electrons. The molecule has 0 spiro atoms. The van der Waals surface area contributed by atoms with Crippen LogP contribution in [-0.4, -0.2) is 16.7 Å². The summed E-state index contributed by atoms with van der Waals surface area (Å²) in [6, 6.07) is 7.85. The monoisotopic (exact) mass is 312 g/mol.